The number of amides is 3. The summed E-state index contributed by atoms with van der Waals surface area (Å²) >= 11 is 0. The third-order valence-electron chi connectivity index (χ3n) is 2.86. The molecule has 0 aliphatic heterocycles. The molecule has 0 heterocycles. The Morgan fingerprint density at radius 2 is 1.90 bits per heavy atom. The van der Waals surface area contributed by atoms with Crippen LogP contribution in [0, 0.1) is 0 Å². The molecule has 4 N–H and O–H groups in total. The molecule has 0 bridgehead atoms. The summed E-state index contributed by atoms with van der Waals surface area (Å²) < 4.78 is 0. The van der Waals surface area contributed by atoms with Crippen molar-refractivity contribution in [3.63, 3.8) is 0 Å². The minimum absolute atomic E-state index is 0.0189. The van der Waals surface area contributed by atoms with Crippen molar-refractivity contribution < 1.29 is 19.5 Å². The predicted octanol–water partition coefficient (Wildman–Crippen LogP) is 0.960. The molecule has 0 aliphatic carbocycles. The van der Waals surface area contributed by atoms with Gasteiger partial charge in [0.05, 0.1) is 0 Å². The first kappa shape index (κ1) is 16.5. The van der Waals surface area contributed by atoms with Crippen molar-refractivity contribution in [3.8, 4) is 0 Å². The average molecular weight is 293 g/mol. The summed E-state index contributed by atoms with van der Waals surface area (Å²) in [6, 6.07) is 5.76. The summed E-state index contributed by atoms with van der Waals surface area (Å²) in [4.78, 5) is 33.8. The van der Waals surface area contributed by atoms with Gasteiger partial charge in [0.25, 0.3) is 0 Å². The third-order valence-corrected chi connectivity index (χ3v) is 2.86. The molecule has 7 nitrogen and oxygen atoms in total. The number of carboxylic acids is 1. The number of anilines is 1. The lowest BCUT2D eigenvalue weighted by Crippen LogP contribution is -2.45. The van der Waals surface area contributed by atoms with E-state index in [-0.39, 0.29) is 12.3 Å². The number of carboxylic acid groups (broad SMARTS) is 1. The van der Waals surface area contributed by atoms with Gasteiger partial charge in [0, 0.05) is 19.2 Å². The van der Waals surface area contributed by atoms with Gasteiger partial charge in [0.1, 0.15) is 6.04 Å². The summed E-state index contributed by atoms with van der Waals surface area (Å²) in [6.07, 6.45) is 0.297. The van der Waals surface area contributed by atoms with Gasteiger partial charge in [-0.3, -0.25) is 9.59 Å². The highest BCUT2D eigenvalue weighted by Gasteiger charge is 2.14. The van der Waals surface area contributed by atoms with Crippen LogP contribution in [0.2, 0.25) is 0 Å². The molecular formula is C14H19N3O4. The van der Waals surface area contributed by atoms with Crippen LogP contribution >= 0.6 is 0 Å². The number of para-hydroxylation sites is 1. The Bertz CT molecular complexity index is 531. The average Bonchev–Trinajstić information content (AvgIpc) is 2.45. The number of carbonyl (C=O) groups excluding carboxylic acids is 2. The molecule has 1 rings (SSSR count). The molecule has 0 saturated carbocycles. The van der Waals surface area contributed by atoms with Gasteiger partial charge in [-0.15, -0.1) is 0 Å². The van der Waals surface area contributed by atoms with Crippen LogP contribution in [-0.2, 0) is 16.0 Å². The first-order chi connectivity index (χ1) is 9.93. The van der Waals surface area contributed by atoms with Gasteiger partial charge in [-0.05, 0) is 25.0 Å². The second-order valence-corrected chi connectivity index (χ2v) is 4.49. The molecule has 1 unspecified atom stereocenters. The van der Waals surface area contributed by atoms with Crippen LogP contribution in [0.25, 0.3) is 0 Å². The molecule has 7 heteroatoms. The molecule has 0 spiro atoms. The molecule has 1 aromatic carbocycles. The smallest absolute Gasteiger partial charge is 0.319 e. The van der Waals surface area contributed by atoms with E-state index >= 15 is 0 Å². The number of aryl methyl sites for hydroxylation is 1. The number of hydrogen-bond acceptors (Lipinski definition) is 3. The summed E-state index contributed by atoms with van der Waals surface area (Å²) in [6.45, 7) is 1.56. The van der Waals surface area contributed by atoms with E-state index in [2.05, 4.69) is 16.0 Å². The summed E-state index contributed by atoms with van der Waals surface area (Å²) in [5, 5.41) is 16.3. The lowest BCUT2D eigenvalue weighted by molar-refractivity contribution is -0.137. The zero-order valence-electron chi connectivity index (χ0n) is 12.0. The predicted molar refractivity (Wildman–Crippen MR) is 78.1 cm³/mol. The molecule has 21 heavy (non-hydrogen) atoms. The zero-order valence-corrected chi connectivity index (χ0v) is 12.0. The van der Waals surface area contributed by atoms with Gasteiger partial charge >= 0.3 is 12.0 Å². The second-order valence-electron chi connectivity index (χ2n) is 4.49. The van der Waals surface area contributed by atoms with E-state index in [4.69, 9.17) is 5.11 Å². The highest BCUT2D eigenvalue weighted by molar-refractivity contribution is 5.94. The monoisotopic (exact) mass is 293 g/mol. The third kappa shape index (κ3) is 5.52. The van der Waals surface area contributed by atoms with Crippen LogP contribution < -0.4 is 16.0 Å². The lowest BCUT2D eigenvalue weighted by atomic mass is 10.1. The van der Waals surface area contributed by atoms with Crippen molar-refractivity contribution in [1.29, 1.82) is 0 Å². The number of hydrogen-bond donors (Lipinski definition) is 4. The molecule has 0 saturated heterocycles. The summed E-state index contributed by atoms with van der Waals surface area (Å²) in [5.41, 5.74) is 1.25. The van der Waals surface area contributed by atoms with Crippen LogP contribution in [0.3, 0.4) is 0 Å². The molecular weight excluding hydrogens is 274 g/mol. The SMILES string of the molecule is CNC(=O)C(C)NC(=O)Nc1ccccc1CCC(=O)O. The topological polar surface area (TPSA) is 108 Å². The molecule has 0 aromatic heterocycles. The fourth-order valence-electron chi connectivity index (χ4n) is 1.74. The highest BCUT2D eigenvalue weighted by atomic mass is 16.4. The van der Waals surface area contributed by atoms with Crippen LogP contribution in [-0.4, -0.2) is 36.1 Å². The number of carbonyl (C=O) groups is 3. The molecule has 3 amide bonds. The number of aliphatic carboxylic acids is 1. The lowest BCUT2D eigenvalue weighted by Gasteiger charge is -2.15. The van der Waals surface area contributed by atoms with Gasteiger partial charge in [-0.1, -0.05) is 18.2 Å². The zero-order chi connectivity index (χ0) is 15.8. The van der Waals surface area contributed by atoms with Crippen molar-refractivity contribution in [2.24, 2.45) is 0 Å². The Morgan fingerprint density at radius 3 is 2.52 bits per heavy atom. The van der Waals surface area contributed by atoms with E-state index in [1.54, 1.807) is 31.2 Å². The Balaban J connectivity index is 2.67. The van der Waals surface area contributed by atoms with Gasteiger partial charge in [0.15, 0.2) is 0 Å². The maximum atomic E-state index is 11.8. The van der Waals surface area contributed by atoms with Crippen molar-refractivity contribution >= 4 is 23.6 Å². The number of benzene rings is 1. The van der Waals surface area contributed by atoms with Crippen LogP contribution in [0.1, 0.15) is 18.9 Å². The molecule has 1 atom stereocenters. The Labute approximate surface area is 122 Å². The van der Waals surface area contributed by atoms with E-state index < -0.39 is 18.0 Å². The largest absolute Gasteiger partial charge is 0.481 e. The van der Waals surface area contributed by atoms with E-state index in [1.807, 2.05) is 0 Å². The van der Waals surface area contributed by atoms with E-state index in [1.165, 1.54) is 7.05 Å². The van der Waals surface area contributed by atoms with Crippen LogP contribution in [0.5, 0.6) is 0 Å². The van der Waals surface area contributed by atoms with E-state index in [0.717, 1.165) is 5.56 Å². The Kier molecular flexibility index (Phi) is 6.19. The first-order valence-electron chi connectivity index (χ1n) is 6.53. The maximum Gasteiger partial charge on any atom is 0.319 e. The fraction of sp³-hybridized carbons (Fsp3) is 0.357. The number of nitrogens with one attached hydrogen (secondary N) is 3. The first-order valence-corrected chi connectivity index (χ1v) is 6.53. The van der Waals surface area contributed by atoms with Crippen molar-refractivity contribution in [3.05, 3.63) is 29.8 Å². The van der Waals surface area contributed by atoms with Crippen molar-refractivity contribution in [2.45, 2.75) is 25.8 Å². The molecule has 0 fully saturated rings. The minimum atomic E-state index is -0.900. The van der Waals surface area contributed by atoms with Crippen LogP contribution in [0.4, 0.5) is 10.5 Å². The maximum absolute atomic E-state index is 11.8. The van der Waals surface area contributed by atoms with Crippen molar-refractivity contribution in [2.75, 3.05) is 12.4 Å². The molecule has 0 aliphatic rings. The Hall–Kier alpha value is -2.57. The second kappa shape index (κ2) is 7.88. The molecule has 1 aromatic rings. The summed E-state index contributed by atoms with van der Waals surface area (Å²) in [5.74, 6) is -1.20. The standard InChI is InChI=1S/C14H19N3O4/c1-9(13(20)15-2)16-14(21)17-11-6-4-3-5-10(11)7-8-12(18)19/h3-6,9H,7-8H2,1-2H3,(H,15,20)(H,18,19)(H2,16,17,21). The van der Waals surface area contributed by atoms with Crippen molar-refractivity contribution in [1.82, 2.24) is 10.6 Å². The summed E-state index contributed by atoms with van der Waals surface area (Å²) in [7, 11) is 1.49. The van der Waals surface area contributed by atoms with Gasteiger partial charge in [0.2, 0.25) is 5.91 Å². The normalized spacial score (nSPS) is 11.3. The molecule has 114 valence electrons. The number of rotatable bonds is 6. The van der Waals surface area contributed by atoms with Gasteiger partial charge in [-0.25, -0.2) is 4.79 Å². The number of urea groups is 1. The van der Waals surface area contributed by atoms with Crippen LogP contribution in [0.15, 0.2) is 24.3 Å². The minimum Gasteiger partial charge on any atom is -0.481 e. The molecule has 0 radical (unpaired) electrons. The fourth-order valence-corrected chi connectivity index (χ4v) is 1.74. The van der Waals surface area contributed by atoms with E-state index in [9.17, 15) is 14.4 Å². The number of likely N-dealkylation sites (N-methyl/N-ethyl adjacent to an activating group) is 1. The van der Waals surface area contributed by atoms with E-state index in [0.29, 0.717) is 12.1 Å². The van der Waals surface area contributed by atoms with Gasteiger partial charge < -0.3 is 21.1 Å². The quantitative estimate of drug-likeness (QED) is 0.626. The Morgan fingerprint density at radius 1 is 1.24 bits per heavy atom. The van der Waals surface area contributed by atoms with Gasteiger partial charge in [-0.2, -0.15) is 0 Å². The highest BCUT2D eigenvalue weighted by Crippen LogP contribution is 2.16.